The number of rotatable bonds is 6. The van der Waals surface area contributed by atoms with E-state index in [1.165, 1.54) is 13.2 Å². The first-order valence-electron chi connectivity index (χ1n) is 5.16. The zero-order chi connectivity index (χ0) is 12.9. The van der Waals surface area contributed by atoms with Crippen molar-refractivity contribution in [1.82, 2.24) is 0 Å². The number of hydrogen-bond donors (Lipinski definition) is 1. The molecule has 0 spiro atoms. The molecule has 0 radical (unpaired) electrons. The molecule has 0 aliphatic carbocycles. The minimum absolute atomic E-state index is 0.116. The van der Waals surface area contributed by atoms with Crippen molar-refractivity contribution in [3.8, 4) is 5.75 Å². The van der Waals surface area contributed by atoms with Crippen molar-refractivity contribution in [2.75, 3.05) is 30.6 Å². The molecule has 0 atom stereocenters. The van der Waals surface area contributed by atoms with Crippen molar-refractivity contribution in [3.63, 3.8) is 0 Å². The lowest BCUT2D eigenvalue weighted by Gasteiger charge is -2.09. The van der Waals surface area contributed by atoms with Crippen LogP contribution in [0.3, 0.4) is 0 Å². The first-order valence-corrected chi connectivity index (χ1v) is 8.21. The van der Waals surface area contributed by atoms with E-state index in [0.29, 0.717) is 12.2 Å². The van der Waals surface area contributed by atoms with Gasteiger partial charge in [0.25, 0.3) is 0 Å². The second-order valence-electron chi connectivity index (χ2n) is 3.57. The van der Waals surface area contributed by atoms with Crippen molar-refractivity contribution < 1.29 is 13.2 Å². The lowest BCUT2D eigenvalue weighted by Crippen LogP contribution is -2.10. The van der Waals surface area contributed by atoms with Gasteiger partial charge in [-0.3, -0.25) is 0 Å². The largest absolute Gasteiger partial charge is 0.497 e. The maximum absolute atomic E-state index is 12.1. The highest BCUT2D eigenvalue weighted by Crippen LogP contribution is 2.25. The normalized spacial score (nSPS) is 11.4. The van der Waals surface area contributed by atoms with Gasteiger partial charge in [-0.15, -0.1) is 0 Å². The van der Waals surface area contributed by atoms with Crippen LogP contribution in [-0.2, 0) is 9.84 Å². The summed E-state index contributed by atoms with van der Waals surface area (Å²) in [5, 5.41) is 0. The number of hydrogen-bond acceptors (Lipinski definition) is 5. The molecule has 0 unspecified atom stereocenters. The second kappa shape index (κ2) is 6.16. The second-order valence-corrected chi connectivity index (χ2v) is 6.63. The van der Waals surface area contributed by atoms with Crippen LogP contribution in [0, 0.1) is 0 Å². The molecule has 0 fully saturated rings. The summed E-state index contributed by atoms with van der Waals surface area (Å²) in [4.78, 5) is 0.165. The van der Waals surface area contributed by atoms with Crippen LogP contribution < -0.4 is 10.5 Å². The molecule has 0 amide bonds. The summed E-state index contributed by atoms with van der Waals surface area (Å²) in [7, 11) is -1.82. The van der Waals surface area contributed by atoms with Crippen molar-refractivity contribution in [3.05, 3.63) is 18.2 Å². The van der Waals surface area contributed by atoms with Gasteiger partial charge in [0.2, 0.25) is 0 Å². The average Bonchev–Trinajstić information content (AvgIpc) is 2.29. The molecule has 1 rings (SSSR count). The van der Waals surface area contributed by atoms with Gasteiger partial charge in [0.1, 0.15) is 5.75 Å². The number of thioether (sulfide) groups is 1. The van der Waals surface area contributed by atoms with Gasteiger partial charge >= 0.3 is 0 Å². The monoisotopic (exact) mass is 275 g/mol. The summed E-state index contributed by atoms with van der Waals surface area (Å²) < 4.78 is 29.1. The predicted molar refractivity (Wildman–Crippen MR) is 72.5 cm³/mol. The first kappa shape index (κ1) is 14.2. The molecule has 96 valence electrons. The van der Waals surface area contributed by atoms with Crippen LogP contribution in [0.5, 0.6) is 5.75 Å². The Balaban J connectivity index is 2.97. The number of benzene rings is 1. The van der Waals surface area contributed by atoms with Gasteiger partial charge in [-0.05, 0) is 30.6 Å². The topological polar surface area (TPSA) is 69.4 Å². The fourth-order valence-electron chi connectivity index (χ4n) is 1.41. The molecule has 0 bridgehead atoms. The summed E-state index contributed by atoms with van der Waals surface area (Å²) in [5.74, 6) is 1.44. The molecule has 0 saturated carbocycles. The number of methoxy groups -OCH3 is 1. The van der Waals surface area contributed by atoms with Gasteiger partial charge in [0.15, 0.2) is 9.84 Å². The first-order chi connectivity index (χ1) is 8.01. The summed E-state index contributed by atoms with van der Waals surface area (Å²) in [6, 6.07) is 4.68. The Bertz CT molecular complexity index is 472. The zero-order valence-corrected chi connectivity index (χ0v) is 11.6. The zero-order valence-electron chi connectivity index (χ0n) is 9.97. The molecule has 0 aliphatic heterocycles. The lowest BCUT2D eigenvalue weighted by atomic mass is 10.3. The van der Waals surface area contributed by atoms with Crippen LogP contribution in [0.2, 0.25) is 0 Å². The highest BCUT2D eigenvalue weighted by molar-refractivity contribution is 7.98. The lowest BCUT2D eigenvalue weighted by molar-refractivity contribution is 0.413. The molecule has 1 aromatic carbocycles. The Labute approximate surface area is 106 Å². The highest BCUT2D eigenvalue weighted by atomic mass is 32.2. The van der Waals surface area contributed by atoms with E-state index in [4.69, 9.17) is 10.5 Å². The van der Waals surface area contributed by atoms with E-state index in [9.17, 15) is 8.42 Å². The third-order valence-corrected chi connectivity index (χ3v) is 4.86. The van der Waals surface area contributed by atoms with Crippen LogP contribution in [0.15, 0.2) is 23.1 Å². The number of sulfone groups is 1. The maximum Gasteiger partial charge on any atom is 0.180 e. The Morgan fingerprint density at radius 1 is 1.41 bits per heavy atom. The molecule has 0 aliphatic rings. The fourth-order valence-corrected chi connectivity index (χ4v) is 3.50. The van der Waals surface area contributed by atoms with Crippen LogP contribution >= 0.6 is 11.8 Å². The Hall–Kier alpha value is -0.880. The van der Waals surface area contributed by atoms with Crippen molar-refractivity contribution in [2.24, 2.45) is 0 Å². The van der Waals surface area contributed by atoms with Crippen LogP contribution in [0.25, 0.3) is 0 Å². The van der Waals surface area contributed by atoms with E-state index in [1.807, 2.05) is 6.26 Å². The molecule has 0 heterocycles. The maximum atomic E-state index is 12.1. The molecule has 4 nitrogen and oxygen atoms in total. The standard InChI is InChI=1S/C11H17NO3S2/c1-15-9-4-5-10(12)11(8-9)17(13,14)7-3-6-16-2/h4-5,8H,3,6-7,12H2,1-2H3. The molecular weight excluding hydrogens is 258 g/mol. The summed E-state index contributed by atoms with van der Waals surface area (Å²) in [6.45, 7) is 0. The number of nitrogens with two attached hydrogens (primary N) is 1. The van der Waals surface area contributed by atoms with Crippen LogP contribution in [-0.4, -0.2) is 33.3 Å². The highest BCUT2D eigenvalue weighted by Gasteiger charge is 2.18. The van der Waals surface area contributed by atoms with E-state index in [0.717, 1.165) is 5.75 Å². The predicted octanol–water partition coefficient (Wildman–Crippen LogP) is 1.80. The van der Waals surface area contributed by atoms with Crippen molar-refractivity contribution in [2.45, 2.75) is 11.3 Å². The van der Waals surface area contributed by atoms with Crippen molar-refractivity contribution >= 4 is 27.3 Å². The SMILES string of the molecule is COc1ccc(N)c(S(=O)(=O)CCCSC)c1. The van der Waals surface area contributed by atoms with E-state index in [1.54, 1.807) is 23.9 Å². The Morgan fingerprint density at radius 2 is 2.12 bits per heavy atom. The van der Waals surface area contributed by atoms with Gasteiger partial charge in [-0.2, -0.15) is 11.8 Å². The summed E-state index contributed by atoms with van der Waals surface area (Å²) in [5.41, 5.74) is 5.97. The third kappa shape index (κ3) is 3.81. The number of anilines is 1. The minimum atomic E-state index is -3.31. The molecule has 17 heavy (non-hydrogen) atoms. The quantitative estimate of drug-likeness (QED) is 0.633. The molecule has 0 aromatic heterocycles. The average molecular weight is 275 g/mol. The van der Waals surface area contributed by atoms with E-state index in [-0.39, 0.29) is 16.3 Å². The van der Waals surface area contributed by atoms with Crippen LogP contribution in [0.1, 0.15) is 6.42 Å². The van der Waals surface area contributed by atoms with E-state index >= 15 is 0 Å². The Kier molecular flexibility index (Phi) is 5.14. The van der Waals surface area contributed by atoms with E-state index in [2.05, 4.69) is 0 Å². The van der Waals surface area contributed by atoms with E-state index < -0.39 is 9.84 Å². The molecular formula is C11H17NO3S2. The Morgan fingerprint density at radius 3 is 2.71 bits per heavy atom. The fraction of sp³-hybridized carbons (Fsp3) is 0.455. The van der Waals surface area contributed by atoms with Gasteiger partial charge < -0.3 is 10.5 Å². The summed E-state index contributed by atoms with van der Waals surface area (Å²) in [6.07, 6.45) is 2.58. The smallest absolute Gasteiger partial charge is 0.180 e. The minimum Gasteiger partial charge on any atom is -0.497 e. The van der Waals surface area contributed by atoms with Gasteiger partial charge in [0.05, 0.1) is 23.4 Å². The molecule has 1 aromatic rings. The molecule has 0 saturated heterocycles. The van der Waals surface area contributed by atoms with Gasteiger partial charge in [-0.1, -0.05) is 0 Å². The van der Waals surface area contributed by atoms with Gasteiger partial charge in [0, 0.05) is 6.07 Å². The van der Waals surface area contributed by atoms with Crippen LogP contribution in [0.4, 0.5) is 5.69 Å². The third-order valence-electron chi connectivity index (χ3n) is 2.32. The number of ether oxygens (including phenoxy) is 1. The summed E-state index contributed by atoms with van der Waals surface area (Å²) >= 11 is 1.63. The van der Waals surface area contributed by atoms with Gasteiger partial charge in [-0.25, -0.2) is 8.42 Å². The molecule has 6 heteroatoms. The number of nitrogen functional groups attached to an aromatic ring is 1. The van der Waals surface area contributed by atoms with Crippen molar-refractivity contribution in [1.29, 1.82) is 0 Å². The molecule has 2 N–H and O–H groups in total.